The predicted octanol–water partition coefficient (Wildman–Crippen LogP) is 2.58. The molecular weight excluding hydrogens is 292 g/mol. The number of nitrogens with one attached hydrogen (secondary N) is 1. The maximum Gasteiger partial charge on any atom is 0.205 e. The van der Waals surface area contributed by atoms with Crippen molar-refractivity contribution >= 4 is 28.3 Å². The van der Waals surface area contributed by atoms with Crippen LogP contribution in [0.2, 0.25) is 5.02 Å². The Labute approximate surface area is 128 Å². The van der Waals surface area contributed by atoms with E-state index in [0.29, 0.717) is 6.04 Å². The molecule has 20 heavy (non-hydrogen) atoms. The van der Waals surface area contributed by atoms with Crippen LogP contribution in [0, 0.1) is 0 Å². The highest BCUT2D eigenvalue weighted by Gasteiger charge is 2.19. The van der Waals surface area contributed by atoms with Crippen molar-refractivity contribution in [1.82, 2.24) is 14.7 Å². The Bertz CT molecular complexity index is 569. The number of aromatic nitrogens is 2. The lowest BCUT2D eigenvalue weighted by molar-refractivity contribution is 0.484. The summed E-state index contributed by atoms with van der Waals surface area (Å²) in [6, 6.07) is 8.36. The third kappa shape index (κ3) is 3.29. The van der Waals surface area contributed by atoms with Crippen LogP contribution in [0.1, 0.15) is 18.3 Å². The van der Waals surface area contributed by atoms with Crippen molar-refractivity contribution in [3.63, 3.8) is 0 Å². The van der Waals surface area contributed by atoms with E-state index in [1.807, 2.05) is 24.3 Å². The van der Waals surface area contributed by atoms with Crippen molar-refractivity contribution in [3.05, 3.63) is 40.7 Å². The lowest BCUT2D eigenvalue weighted by Crippen LogP contribution is -2.49. The summed E-state index contributed by atoms with van der Waals surface area (Å²) in [7, 11) is 0. The second-order valence-corrected chi connectivity index (χ2v) is 6.26. The lowest BCUT2D eigenvalue weighted by Gasteiger charge is -2.31. The van der Waals surface area contributed by atoms with Gasteiger partial charge in [-0.05, 0) is 24.6 Å². The summed E-state index contributed by atoms with van der Waals surface area (Å²) in [6.45, 7) is 5.20. The maximum atomic E-state index is 5.89. The normalized spacial score (nSPS) is 19.3. The highest BCUT2D eigenvalue weighted by molar-refractivity contribution is 7.09. The molecule has 0 saturated carbocycles. The van der Waals surface area contributed by atoms with Crippen LogP contribution in [-0.4, -0.2) is 35.0 Å². The number of rotatable bonds is 3. The third-order valence-electron chi connectivity index (χ3n) is 3.37. The summed E-state index contributed by atoms with van der Waals surface area (Å²) in [5.74, 6) is 0.888. The molecule has 0 aliphatic carbocycles. The van der Waals surface area contributed by atoms with Crippen LogP contribution in [0.3, 0.4) is 0 Å². The maximum absolute atomic E-state index is 5.89. The minimum Gasteiger partial charge on any atom is -0.344 e. The molecule has 1 atom stereocenters. The summed E-state index contributed by atoms with van der Waals surface area (Å²) in [5, 5.41) is 5.23. The van der Waals surface area contributed by atoms with Gasteiger partial charge in [0.15, 0.2) is 0 Å². The smallest absolute Gasteiger partial charge is 0.205 e. The Balaban J connectivity index is 1.68. The largest absolute Gasteiger partial charge is 0.344 e. The van der Waals surface area contributed by atoms with Gasteiger partial charge in [-0.2, -0.15) is 4.37 Å². The number of hydrogen-bond donors (Lipinski definition) is 1. The first-order valence-corrected chi connectivity index (χ1v) is 7.91. The van der Waals surface area contributed by atoms with Gasteiger partial charge >= 0.3 is 0 Å². The van der Waals surface area contributed by atoms with Gasteiger partial charge in [-0.15, -0.1) is 0 Å². The molecule has 0 radical (unpaired) electrons. The Morgan fingerprint density at radius 2 is 2.20 bits per heavy atom. The molecule has 4 nitrogen and oxygen atoms in total. The molecule has 1 unspecified atom stereocenters. The second-order valence-electron chi connectivity index (χ2n) is 5.10. The molecule has 0 spiro atoms. The SMILES string of the molecule is CC1CN(c2nc(Cc3ccc(Cl)cc3)ns2)CCN1. The third-order valence-corrected chi connectivity index (χ3v) is 4.44. The molecular formula is C14H17ClN4S. The number of halogens is 1. The first-order valence-electron chi connectivity index (χ1n) is 6.76. The van der Waals surface area contributed by atoms with E-state index >= 15 is 0 Å². The molecule has 1 saturated heterocycles. The van der Waals surface area contributed by atoms with Gasteiger partial charge in [0.2, 0.25) is 5.13 Å². The quantitative estimate of drug-likeness (QED) is 0.946. The zero-order valence-electron chi connectivity index (χ0n) is 11.3. The number of piperazine rings is 1. The van der Waals surface area contributed by atoms with E-state index < -0.39 is 0 Å². The molecule has 2 heterocycles. The fourth-order valence-corrected chi connectivity index (χ4v) is 3.18. The van der Waals surface area contributed by atoms with Gasteiger partial charge < -0.3 is 10.2 Å². The molecule has 3 rings (SSSR count). The summed E-state index contributed by atoms with van der Waals surface area (Å²) >= 11 is 7.38. The van der Waals surface area contributed by atoms with Gasteiger partial charge in [0.05, 0.1) is 0 Å². The van der Waals surface area contributed by atoms with E-state index in [1.165, 1.54) is 17.1 Å². The van der Waals surface area contributed by atoms with Crippen LogP contribution in [0.4, 0.5) is 5.13 Å². The highest BCUT2D eigenvalue weighted by atomic mass is 35.5. The van der Waals surface area contributed by atoms with Crippen LogP contribution >= 0.6 is 23.1 Å². The average molecular weight is 309 g/mol. The minimum atomic E-state index is 0.507. The zero-order valence-corrected chi connectivity index (χ0v) is 12.9. The van der Waals surface area contributed by atoms with Crippen molar-refractivity contribution in [1.29, 1.82) is 0 Å². The van der Waals surface area contributed by atoms with Crippen molar-refractivity contribution in [2.45, 2.75) is 19.4 Å². The molecule has 1 aromatic carbocycles. The number of nitrogens with zero attached hydrogens (tertiary/aromatic N) is 3. The molecule has 1 fully saturated rings. The second kappa shape index (κ2) is 6.08. The fourth-order valence-electron chi connectivity index (χ4n) is 2.34. The lowest BCUT2D eigenvalue weighted by atomic mass is 10.1. The van der Waals surface area contributed by atoms with Gasteiger partial charge in [-0.1, -0.05) is 23.7 Å². The topological polar surface area (TPSA) is 41.1 Å². The van der Waals surface area contributed by atoms with E-state index in [4.69, 9.17) is 11.6 Å². The van der Waals surface area contributed by atoms with Crippen molar-refractivity contribution in [2.75, 3.05) is 24.5 Å². The van der Waals surface area contributed by atoms with Crippen LogP contribution in [0.5, 0.6) is 0 Å². The van der Waals surface area contributed by atoms with Crippen molar-refractivity contribution < 1.29 is 0 Å². The van der Waals surface area contributed by atoms with E-state index in [-0.39, 0.29) is 0 Å². The number of anilines is 1. The van der Waals surface area contributed by atoms with Crippen LogP contribution in [0.15, 0.2) is 24.3 Å². The van der Waals surface area contributed by atoms with E-state index in [0.717, 1.165) is 42.0 Å². The molecule has 1 N–H and O–H groups in total. The van der Waals surface area contributed by atoms with Gasteiger partial charge in [-0.3, -0.25) is 0 Å². The molecule has 6 heteroatoms. The molecule has 106 valence electrons. The summed E-state index contributed by atoms with van der Waals surface area (Å²) in [6.07, 6.45) is 0.759. The fraction of sp³-hybridized carbons (Fsp3) is 0.429. The van der Waals surface area contributed by atoms with Crippen LogP contribution in [0.25, 0.3) is 0 Å². The number of hydrogen-bond acceptors (Lipinski definition) is 5. The van der Waals surface area contributed by atoms with Gasteiger partial charge in [0.1, 0.15) is 5.82 Å². The summed E-state index contributed by atoms with van der Waals surface area (Å²) in [4.78, 5) is 6.97. The van der Waals surface area contributed by atoms with E-state index in [9.17, 15) is 0 Å². The summed E-state index contributed by atoms with van der Waals surface area (Å²) < 4.78 is 4.47. The van der Waals surface area contributed by atoms with Gasteiger partial charge in [0.25, 0.3) is 0 Å². The minimum absolute atomic E-state index is 0.507. The standard InChI is InChI=1S/C14H17ClN4S/c1-10-9-19(7-6-16-10)14-17-13(18-20-14)8-11-2-4-12(15)5-3-11/h2-5,10,16H,6-9H2,1H3. The molecule has 1 aliphatic rings. The van der Waals surface area contributed by atoms with Gasteiger partial charge in [-0.25, -0.2) is 4.98 Å². The highest BCUT2D eigenvalue weighted by Crippen LogP contribution is 2.20. The molecule has 1 aliphatic heterocycles. The first kappa shape index (κ1) is 13.8. The molecule has 0 amide bonds. The zero-order chi connectivity index (χ0) is 13.9. The van der Waals surface area contributed by atoms with Crippen molar-refractivity contribution in [3.8, 4) is 0 Å². The monoisotopic (exact) mass is 308 g/mol. The van der Waals surface area contributed by atoms with E-state index in [2.05, 4.69) is 26.5 Å². The average Bonchev–Trinajstić information content (AvgIpc) is 2.90. The van der Waals surface area contributed by atoms with Crippen molar-refractivity contribution in [2.24, 2.45) is 0 Å². The first-order chi connectivity index (χ1) is 9.70. The van der Waals surface area contributed by atoms with Crippen LogP contribution < -0.4 is 10.2 Å². The molecule has 2 aromatic rings. The summed E-state index contributed by atoms with van der Waals surface area (Å²) in [5.41, 5.74) is 1.19. The number of benzene rings is 1. The molecule has 0 bridgehead atoms. The van der Waals surface area contributed by atoms with Crippen LogP contribution in [-0.2, 0) is 6.42 Å². The Kier molecular flexibility index (Phi) is 4.19. The Morgan fingerprint density at radius 1 is 1.40 bits per heavy atom. The predicted molar refractivity (Wildman–Crippen MR) is 83.8 cm³/mol. The Hall–Kier alpha value is -1.17. The Morgan fingerprint density at radius 3 is 2.95 bits per heavy atom. The van der Waals surface area contributed by atoms with Gasteiger partial charge in [0, 0.05) is 48.7 Å². The van der Waals surface area contributed by atoms with E-state index in [1.54, 1.807) is 0 Å². The molecule has 1 aromatic heterocycles.